The molecule has 0 atom stereocenters. The van der Waals surface area contributed by atoms with Crippen LogP contribution in [0.4, 0.5) is 0 Å². The summed E-state index contributed by atoms with van der Waals surface area (Å²) in [6.07, 6.45) is 7.11. The predicted octanol–water partition coefficient (Wildman–Crippen LogP) is 5.14. The molecule has 0 spiro atoms. The third-order valence-corrected chi connectivity index (χ3v) is 6.15. The Morgan fingerprint density at radius 3 is 2.07 bits per heavy atom. The van der Waals surface area contributed by atoms with Crippen molar-refractivity contribution < 1.29 is 4.79 Å². The second-order valence-corrected chi connectivity index (χ2v) is 8.51. The number of rotatable bonds is 6. The monoisotopic (exact) mass is 418 g/mol. The van der Waals surface area contributed by atoms with E-state index in [4.69, 9.17) is 4.98 Å². The van der Waals surface area contributed by atoms with Gasteiger partial charge in [0.15, 0.2) is 0 Å². The lowest BCUT2D eigenvalue weighted by atomic mass is 10.0. The summed E-state index contributed by atoms with van der Waals surface area (Å²) < 4.78 is 0. The summed E-state index contributed by atoms with van der Waals surface area (Å²) in [6, 6.07) is 20.2. The van der Waals surface area contributed by atoms with E-state index < -0.39 is 0 Å². The first-order chi connectivity index (χ1) is 14.8. The highest BCUT2D eigenvalue weighted by Gasteiger charge is 2.17. The molecule has 1 heterocycles. The second kappa shape index (κ2) is 10.3. The maximum atomic E-state index is 12.4. The SMILES string of the molecule is O=C(CSc1nnc(-c2ccccc2)c(-c2ccccc2)n1)NC1CCCCCC1. The number of nitrogens with zero attached hydrogens (tertiary/aromatic N) is 3. The molecular formula is C24H26N4OS. The number of carbonyl (C=O) groups excluding carboxylic acids is 1. The van der Waals surface area contributed by atoms with Crippen molar-refractivity contribution in [2.45, 2.75) is 49.7 Å². The number of benzene rings is 2. The molecule has 1 saturated carbocycles. The minimum atomic E-state index is 0.0453. The third-order valence-electron chi connectivity index (χ3n) is 5.31. The van der Waals surface area contributed by atoms with Crippen LogP contribution in [-0.2, 0) is 4.79 Å². The first-order valence-corrected chi connectivity index (χ1v) is 11.6. The molecule has 3 aromatic rings. The van der Waals surface area contributed by atoms with E-state index >= 15 is 0 Å². The van der Waals surface area contributed by atoms with Crippen LogP contribution in [0.15, 0.2) is 65.8 Å². The van der Waals surface area contributed by atoms with E-state index in [2.05, 4.69) is 15.5 Å². The van der Waals surface area contributed by atoms with Gasteiger partial charge in [-0.3, -0.25) is 4.79 Å². The summed E-state index contributed by atoms with van der Waals surface area (Å²) in [7, 11) is 0. The molecule has 1 amide bonds. The highest BCUT2D eigenvalue weighted by atomic mass is 32.2. The summed E-state index contributed by atoms with van der Waals surface area (Å²) in [5.74, 6) is 0.348. The average Bonchev–Trinajstić information content (AvgIpc) is 3.07. The van der Waals surface area contributed by atoms with Gasteiger partial charge in [-0.15, -0.1) is 10.2 Å². The molecule has 0 saturated heterocycles. The number of amides is 1. The van der Waals surface area contributed by atoms with Gasteiger partial charge >= 0.3 is 0 Å². The standard InChI is InChI=1S/C24H26N4OS/c29-21(25-20-15-9-1-2-10-16-20)17-30-24-26-22(18-11-5-3-6-12-18)23(27-28-24)19-13-7-4-8-14-19/h3-8,11-14,20H,1-2,9-10,15-17H2,(H,25,29). The van der Waals surface area contributed by atoms with Crippen LogP contribution >= 0.6 is 11.8 Å². The van der Waals surface area contributed by atoms with E-state index in [-0.39, 0.29) is 5.91 Å². The fraction of sp³-hybridized carbons (Fsp3) is 0.333. The maximum absolute atomic E-state index is 12.4. The van der Waals surface area contributed by atoms with Crippen LogP contribution in [0.1, 0.15) is 38.5 Å². The Labute approximate surface area is 181 Å². The lowest BCUT2D eigenvalue weighted by Gasteiger charge is -2.15. The van der Waals surface area contributed by atoms with Crippen molar-refractivity contribution in [1.29, 1.82) is 0 Å². The number of hydrogen-bond donors (Lipinski definition) is 1. The number of thioether (sulfide) groups is 1. The molecule has 30 heavy (non-hydrogen) atoms. The first-order valence-electron chi connectivity index (χ1n) is 10.6. The van der Waals surface area contributed by atoms with Crippen molar-refractivity contribution in [3.05, 3.63) is 60.7 Å². The highest BCUT2D eigenvalue weighted by molar-refractivity contribution is 7.99. The average molecular weight is 419 g/mol. The van der Waals surface area contributed by atoms with Crippen LogP contribution in [0.3, 0.4) is 0 Å². The molecule has 2 aromatic carbocycles. The van der Waals surface area contributed by atoms with E-state index in [1.807, 2.05) is 60.7 Å². The molecule has 154 valence electrons. The molecule has 1 aliphatic rings. The predicted molar refractivity (Wildman–Crippen MR) is 121 cm³/mol. The Morgan fingerprint density at radius 2 is 1.43 bits per heavy atom. The van der Waals surface area contributed by atoms with Crippen LogP contribution in [0.2, 0.25) is 0 Å². The molecule has 1 aliphatic carbocycles. The van der Waals surface area contributed by atoms with Crippen molar-refractivity contribution in [2.24, 2.45) is 0 Å². The summed E-state index contributed by atoms with van der Waals surface area (Å²) >= 11 is 1.34. The zero-order valence-electron chi connectivity index (χ0n) is 17.0. The minimum Gasteiger partial charge on any atom is -0.353 e. The van der Waals surface area contributed by atoms with Gasteiger partial charge in [0.25, 0.3) is 0 Å². The van der Waals surface area contributed by atoms with Crippen molar-refractivity contribution in [3.63, 3.8) is 0 Å². The van der Waals surface area contributed by atoms with Gasteiger partial charge in [-0.05, 0) is 12.8 Å². The number of hydrogen-bond acceptors (Lipinski definition) is 5. The third kappa shape index (κ3) is 5.45. The van der Waals surface area contributed by atoms with Gasteiger partial charge in [-0.2, -0.15) is 0 Å². The van der Waals surface area contributed by atoms with Gasteiger partial charge < -0.3 is 5.32 Å². The van der Waals surface area contributed by atoms with Crippen LogP contribution < -0.4 is 5.32 Å². The normalized spacial score (nSPS) is 14.8. The molecule has 6 heteroatoms. The molecule has 4 rings (SSSR count). The molecule has 0 unspecified atom stereocenters. The van der Waals surface area contributed by atoms with Gasteiger partial charge in [0, 0.05) is 17.2 Å². The molecule has 0 bridgehead atoms. The van der Waals surface area contributed by atoms with E-state index in [0.717, 1.165) is 35.4 Å². The summed E-state index contributed by atoms with van der Waals surface area (Å²) in [5, 5.41) is 12.5. The van der Waals surface area contributed by atoms with E-state index in [1.54, 1.807) is 0 Å². The zero-order chi connectivity index (χ0) is 20.6. The van der Waals surface area contributed by atoms with Gasteiger partial charge in [0.05, 0.1) is 5.75 Å². The summed E-state index contributed by atoms with van der Waals surface area (Å²) in [6.45, 7) is 0. The molecular weight excluding hydrogens is 392 g/mol. The zero-order valence-corrected chi connectivity index (χ0v) is 17.8. The molecule has 1 aromatic heterocycles. The van der Waals surface area contributed by atoms with Gasteiger partial charge in [-0.25, -0.2) is 4.98 Å². The van der Waals surface area contributed by atoms with Crippen LogP contribution in [0.25, 0.3) is 22.5 Å². The number of nitrogens with one attached hydrogen (secondary N) is 1. The van der Waals surface area contributed by atoms with E-state index in [9.17, 15) is 4.79 Å². The summed E-state index contributed by atoms with van der Waals surface area (Å²) in [4.78, 5) is 17.2. The lowest BCUT2D eigenvalue weighted by Crippen LogP contribution is -2.35. The second-order valence-electron chi connectivity index (χ2n) is 7.57. The molecule has 1 N–H and O–H groups in total. The van der Waals surface area contributed by atoms with E-state index in [1.165, 1.54) is 37.4 Å². The van der Waals surface area contributed by atoms with Crippen LogP contribution in [0, 0.1) is 0 Å². The fourth-order valence-corrected chi connectivity index (χ4v) is 4.38. The van der Waals surface area contributed by atoms with Crippen molar-refractivity contribution in [1.82, 2.24) is 20.5 Å². The van der Waals surface area contributed by atoms with E-state index in [0.29, 0.717) is 17.0 Å². The number of carbonyl (C=O) groups is 1. The van der Waals surface area contributed by atoms with Crippen molar-refractivity contribution in [3.8, 4) is 22.5 Å². The number of aromatic nitrogens is 3. The smallest absolute Gasteiger partial charge is 0.230 e. The maximum Gasteiger partial charge on any atom is 0.230 e. The largest absolute Gasteiger partial charge is 0.353 e. The minimum absolute atomic E-state index is 0.0453. The molecule has 1 fully saturated rings. The topological polar surface area (TPSA) is 67.8 Å². The van der Waals surface area contributed by atoms with Gasteiger partial charge in [0.2, 0.25) is 11.1 Å². The fourth-order valence-electron chi connectivity index (χ4n) is 3.78. The summed E-state index contributed by atoms with van der Waals surface area (Å²) in [5.41, 5.74) is 3.48. The molecule has 0 aliphatic heterocycles. The Balaban J connectivity index is 1.49. The van der Waals surface area contributed by atoms with Gasteiger partial charge in [-0.1, -0.05) is 98.1 Å². The van der Waals surface area contributed by atoms with Crippen molar-refractivity contribution in [2.75, 3.05) is 5.75 Å². The van der Waals surface area contributed by atoms with Gasteiger partial charge in [0.1, 0.15) is 11.4 Å². The Morgan fingerprint density at radius 1 is 0.833 bits per heavy atom. The Hall–Kier alpha value is -2.73. The molecule has 0 radical (unpaired) electrons. The quantitative estimate of drug-likeness (QED) is 0.444. The molecule has 5 nitrogen and oxygen atoms in total. The Bertz CT molecular complexity index is 957. The first kappa shape index (κ1) is 20.5. The highest BCUT2D eigenvalue weighted by Crippen LogP contribution is 2.29. The van der Waals surface area contributed by atoms with Crippen molar-refractivity contribution >= 4 is 17.7 Å². The van der Waals surface area contributed by atoms with Crippen LogP contribution in [-0.4, -0.2) is 32.9 Å². The van der Waals surface area contributed by atoms with Crippen LogP contribution in [0.5, 0.6) is 0 Å². The lowest BCUT2D eigenvalue weighted by molar-refractivity contribution is -0.119. The Kier molecular flexibility index (Phi) is 7.08.